The first-order valence-electron chi connectivity index (χ1n) is 7.70. The molecule has 0 amide bonds. The first kappa shape index (κ1) is 15.3. The van der Waals surface area contributed by atoms with Gasteiger partial charge in [0.25, 0.3) is 0 Å². The number of hydrogen-bond acceptors (Lipinski definition) is 5. The fraction of sp³-hybridized carbons (Fsp3) is 0.471. The van der Waals surface area contributed by atoms with Crippen LogP contribution in [0.5, 0.6) is 11.5 Å². The summed E-state index contributed by atoms with van der Waals surface area (Å²) >= 11 is 1.67. The lowest BCUT2D eigenvalue weighted by Crippen LogP contribution is -2.37. The number of aromatic nitrogens is 1. The van der Waals surface area contributed by atoms with E-state index in [2.05, 4.69) is 15.3 Å². The summed E-state index contributed by atoms with van der Waals surface area (Å²) in [6, 6.07) is 7.82. The molecular formula is C17H22N2O2S. The summed E-state index contributed by atoms with van der Waals surface area (Å²) in [6.07, 6.45) is 2.47. The molecule has 2 heterocycles. The molecule has 118 valence electrons. The fourth-order valence-corrected chi connectivity index (χ4v) is 3.43. The van der Waals surface area contributed by atoms with Crippen LogP contribution in [-0.4, -0.2) is 36.7 Å². The Morgan fingerprint density at radius 3 is 3.09 bits per heavy atom. The first-order valence-corrected chi connectivity index (χ1v) is 8.64. The van der Waals surface area contributed by atoms with E-state index in [0.717, 1.165) is 37.7 Å². The van der Waals surface area contributed by atoms with Crippen LogP contribution in [0.1, 0.15) is 18.5 Å². The molecule has 22 heavy (non-hydrogen) atoms. The highest BCUT2D eigenvalue weighted by molar-refractivity contribution is 7.07. The molecular weight excluding hydrogens is 296 g/mol. The van der Waals surface area contributed by atoms with E-state index in [1.54, 1.807) is 18.4 Å². The molecule has 0 bridgehead atoms. The highest BCUT2D eigenvalue weighted by Crippen LogP contribution is 2.22. The molecule has 5 heteroatoms. The van der Waals surface area contributed by atoms with Gasteiger partial charge in [-0.1, -0.05) is 6.07 Å². The van der Waals surface area contributed by atoms with E-state index in [1.165, 1.54) is 18.5 Å². The zero-order chi connectivity index (χ0) is 15.2. The van der Waals surface area contributed by atoms with Crippen LogP contribution in [0.4, 0.5) is 0 Å². The Morgan fingerprint density at radius 2 is 2.27 bits per heavy atom. The van der Waals surface area contributed by atoms with Crippen molar-refractivity contribution in [3.63, 3.8) is 0 Å². The lowest BCUT2D eigenvalue weighted by molar-refractivity contribution is 0.124. The van der Waals surface area contributed by atoms with Crippen LogP contribution >= 0.6 is 11.3 Å². The number of rotatable bonds is 6. The van der Waals surface area contributed by atoms with Crippen molar-refractivity contribution in [2.24, 2.45) is 5.92 Å². The molecule has 1 aromatic carbocycles. The second-order valence-corrected chi connectivity index (χ2v) is 6.43. The van der Waals surface area contributed by atoms with Gasteiger partial charge in [-0.2, -0.15) is 0 Å². The number of ether oxygens (including phenoxy) is 2. The molecule has 0 aliphatic carbocycles. The maximum absolute atomic E-state index is 5.95. The number of benzene rings is 1. The number of hydrogen-bond donors (Lipinski definition) is 0. The minimum atomic E-state index is 0.582. The van der Waals surface area contributed by atoms with E-state index in [0.29, 0.717) is 5.92 Å². The lowest BCUT2D eigenvalue weighted by atomic mass is 9.99. The second kappa shape index (κ2) is 7.61. The van der Waals surface area contributed by atoms with Gasteiger partial charge < -0.3 is 9.47 Å². The van der Waals surface area contributed by atoms with E-state index in [4.69, 9.17) is 9.47 Å². The minimum Gasteiger partial charge on any atom is -0.497 e. The van der Waals surface area contributed by atoms with Crippen molar-refractivity contribution < 1.29 is 9.47 Å². The molecule has 0 spiro atoms. The molecule has 4 nitrogen and oxygen atoms in total. The van der Waals surface area contributed by atoms with Crippen LogP contribution in [0.25, 0.3) is 0 Å². The van der Waals surface area contributed by atoms with Crippen LogP contribution < -0.4 is 9.47 Å². The third-order valence-electron chi connectivity index (χ3n) is 4.00. The van der Waals surface area contributed by atoms with Gasteiger partial charge in [-0.3, -0.25) is 4.90 Å². The Morgan fingerprint density at radius 1 is 1.36 bits per heavy atom. The summed E-state index contributed by atoms with van der Waals surface area (Å²) in [5.41, 5.74) is 3.09. The summed E-state index contributed by atoms with van der Waals surface area (Å²) in [7, 11) is 1.68. The molecule has 1 atom stereocenters. The molecule has 0 N–H and O–H groups in total. The number of thiazole rings is 1. The zero-order valence-corrected chi connectivity index (χ0v) is 13.7. The molecule has 0 radical (unpaired) electrons. The van der Waals surface area contributed by atoms with E-state index in [9.17, 15) is 0 Å². The summed E-state index contributed by atoms with van der Waals surface area (Å²) in [4.78, 5) is 6.86. The molecule has 2 aromatic rings. The molecule has 1 unspecified atom stereocenters. The van der Waals surface area contributed by atoms with Gasteiger partial charge in [-0.25, -0.2) is 4.98 Å². The SMILES string of the molecule is COc1cccc(OCC2CCCN(Cc3cscn3)C2)c1. The Bertz CT molecular complexity index is 574. The van der Waals surface area contributed by atoms with E-state index in [1.807, 2.05) is 29.8 Å². The van der Waals surface area contributed by atoms with Crippen LogP contribution in [-0.2, 0) is 6.54 Å². The molecule has 1 fully saturated rings. The Labute approximate surface area is 135 Å². The topological polar surface area (TPSA) is 34.6 Å². The Balaban J connectivity index is 1.49. The van der Waals surface area contributed by atoms with Gasteiger partial charge >= 0.3 is 0 Å². The monoisotopic (exact) mass is 318 g/mol. The minimum absolute atomic E-state index is 0.582. The smallest absolute Gasteiger partial charge is 0.122 e. The number of piperidine rings is 1. The average Bonchev–Trinajstić information content (AvgIpc) is 3.06. The fourth-order valence-electron chi connectivity index (χ4n) is 2.88. The van der Waals surface area contributed by atoms with Crippen LogP contribution in [0.2, 0.25) is 0 Å². The molecule has 1 aliphatic heterocycles. The largest absolute Gasteiger partial charge is 0.497 e. The maximum atomic E-state index is 5.95. The van der Waals surface area contributed by atoms with E-state index < -0.39 is 0 Å². The van der Waals surface area contributed by atoms with E-state index in [-0.39, 0.29) is 0 Å². The van der Waals surface area contributed by atoms with Gasteiger partial charge in [0.2, 0.25) is 0 Å². The van der Waals surface area contributed by atoms with Gasteiger partial charge in [0, 0.05) is 30.5 Å². The summed E-state index contributed by atoms with van der Waals surface area (Å²) in [5, 5.41) is 2.14. The summed E-state index contributed by atoms with van der Waals surface area (Å²) in [5.74, 6) is 2.31. The van der Waals surface area contributed by atoms with Gasteiger partial charge in [-0.05, 0) is 31.5 Å². The molecule has 1 aromatic heterocycles. The normalized spacial score (nSPS) is 19.0. The average molecular weight is 318 g/mol. The van der Waals surface area contributed by atoms with Crippen molar-refractivity contribution in [1.29, 1.82) is 0 Å². The van der Waals surface area contributed by atoms with Crippen LogP contribution in [0.15, 0.2) is 35.2 Å². The third kappa shape index (κ3) is 4.21. The number of nitrogens with zero attached hydrogens (tertiary/aromatic N) is 2. The van der Waals surface area contributed by atoms with Gasteiger partial charge in [0.05, 0.1) is 24.9 Å². The maximum Gasteiger partial charge on any atom is 0.122 e. The van der Waals surface area contributed by atoms with Crippen molar-refractivity contribution in [2.75, 3.05) is 26.8 Å². The summed E-state index contributed by atoms with van der Waals surface area (Å²) in [6.45, 7) is 3.97. The van der Waals surface area contributed by atoms with Crippen LogP contribution in [0.3, 0.4) is 0 Å². The van der Waals surface area contributed by atoms with Gasteiger partial charge in [0.1, 0.15) is 11.5 Å². The quantitative estimate of drug-likeness (QED) is 0.817. The molecule has 1 saturated heterocycles. The highest BCUT2D eigenvalue weighted by Gasteiger charge is 2.21. The predicted octanol–water partition coefficient (Wildman–Crippen LogP) is 3.44. The van der Waals surface area contributed by atoms with Crippen molar-refractivity contribution in [3.8, 4) is 11.5 Å². The number of likely N-dealkylation sites (tertiary alicyclic amines) is 1. The van der Waals surface area contributed by atoms with Gasteiger partial charge in [0.15, 0.2) is 0 Å². The first-order chi connectivity index (χ1) is 10.8. The van der Waals surface area contributed by atoms with Crippen molar-refractivity contribution >= 4 is 11.3 Å². The summed E-state index contributed by atoms with van der Waals surface area (Å²) < 4.78 is 11.2. The van der Waals surface area contributed by atoms with Crippen molar-refractivity contribution in [2.45, 2.75) is 19.4 Å². The lowest BCUT2D eigenvalue weighted by Gasteiger charge is -2.32. The highest BCUT2D eigenvalue weighted by atomic mass is 32.1. The van der Waals surface area contributed by atoms with Gasteiger partial charge in [-0.15, -0.1) is 11.3 Å². The zero-order valence-electron chi connectivity index (χ0n) is 12.9. The molecule has 1 aliphatic rings. The third-order valence-corrected chi connectivity index (χ3v) is 4.63. The number of methoxy groups -OCH3 is 1. The molecule has 3 rings (SSSR count). The van der Waals surface area contributed by atoms with Crippen molar-refractivity contribution in [1.82, 2.24) is 9.88 Å². The second-order valence-electron chi connectivity index (χ2n) is 5.71. The Kier molecular flexibility index (Phi) is 5.29. The Hall–Kier alpha value is -1.59. The van der Waals surface area contributed by atoms with Crippen molar-refractivity contribution in [3.05, 3.63) is 40.8 Å². The van der Waals surface area contributed by atoms with E-state index >= 15 is 0 Å². The van der Waals surface area contributed by atoms with Crippen LogP contribution in [0, 0.1) is 5.92 Å². The standard InChI is InChI=1S/C17H22N2O2S/c1-20-16-5-2-6-17(8-16)21-11-14-4-3-7-19(9-14)10-15-12-22-13-18-15/h2,5-6,8,12-14H,3-4,7,9-11H2,1H3. The molecule has 0 saturated carbocycles. The predicted molar refractivity (Wildman–Crippen MR) is 88.6 cm³/mol.